The van der Waals surface area contributed by atoms with Gasteiger partial charge in [0.1, 0.15) is 11.2 Å². The van der Waals surface area contributed by atoms with Gasteiger partial charge in [-0.15, -0.1) is 0 Å². The molecule has 10 aromatic rings. The molecule has 0 amide bonds. The quantitative estimate of drug-likeness (QED) is 0.197. The van der Waals surface area contributed by atoms with Crippen LogP contribution in [0.5, 0.6) is 0 Å². The zero-order valence-corrected chi connectivity index (χ0v) is 25.6. The molecule has 6 aromatic carbocycles. The van der Waals surface area contributed by atoms with Crippen LogP contribution in [0.15, 0.2) is 156 Å². The fraction of sp³-hybridized carbons (Fsp3) is 0. The van der Waals surface area contributed by atoms with Gasteiger partial charge in [-0.05, 0) is 60.0 Å². The number of nitrogens with zero attached hydrogens (tertiary/aromatic N) is 5. The van der Waals surface area contributed by atoms with Crippen LogP contribution < -0.4 is 0 Å². The van der Waals surface area contributed by atoms with Gasteiger partial charge in [-0.1, -0.05) is 84.9 Å². The third kappa shape index (κ3) is 4.06. The zero-order valence-electron chi connectivity index (χ0n) is 25.6. The smallest absolute Gasteiger partial charge is 0.164 e. The lowest BCUT2D eigenvalue weighted by atomic mass is 10.0. The second kappa shape index (κ2) is 10.4. The van der Waals surface area contributed by atoms with Crippen LogP contribution in [0.4, 0.5) is 0 Å². The van der Waals surface area contributed by atoms with E-state index < -0.39 is 0 Å². The van der Waals surface area contributed by atoms with Crippen molar-refractivity contribution >= 4 is 54.5 Å². The minimum Gasteiger partial charge on any atom is -0.455 e. The van der Waals surface area contributed by atoms with E-state index >= 15 is 0 Å². The maximum absolute atomic E-state index is 6.47. The van der Waals surface area contributed by atoms with Crippen molar-refractivity contribution in [1.29, 1.82) is 0 Å². The largest absolute Gasteiger partial charge is 0.455 e. The summed E-state index contributed by atoms with van der Waals surface area (Å²) >= 11 is 0. The topological polar surface area (TPSA) is 69.6 Å². The molecule has 0 fully saturated rings. The van der Waals surface area contributed by atoms with Gasteiger partial charge in [0.15, 0.2) is 17.5 Å². The van der Waals surface area contributed by atoms with Crippen LogP contribution in [-0.4, -0.2) is 24.5 Å². The summed E-state index contributed by atoms with van der Waals surface area (Å²) in [4.78, 5) is 19.7. The number of rotatable bonds is 4. The number of hydrogen-bond donors (Lipinski definition) is 0. The fourth-order valence-corrected chi connectivity index (χ4v) is 6.94. The summed E-state index contributed by atoms with van der Waals surface area (Å²) in [6.07, 6.45) is 3.66. The number of furan rings is 1. The van der Waals surface area contributed by atoms with E-state index in [1.807, 2.05) is 60.8 Å². The number of hydrogen-bond acceptors (Lipinski definition) is 5. The van der Waals surface area contributed by atoms with E-state index in [1.165, 1.54) is 5.39 Å². The van der Waals surface area contributed by atoms with Crippen molar-refractivity contribution < 1.29 is 4.42 Å². The molecular formula is C42H25N5O. The van der Waals surface area contributed by atoms with Gasteiger partial charge in [-0.2, -0.15) is 0 Å². The van der Waals surface area contributed by atoms with Crippen LogP contribution in [-0.2, 0) is 0 Å². The number of fused-ring (bicyclic) bond motifs is 8. The highest BCUT2D eigenvalue weighted by Gasteiger charge is 2.20. The van der Waals surface area contributed by atoms with Crippen molar-refractivity contribution in [3.63, 3.8) is 0 Å². The van der Waals surface area contributed by atoms with Gasteiger partial charge in [0.05, 0.1) is 11.0 Å². The van der Waals surface area contributed by atoms with Crippen molar-refractivity contribution in [3.8, 4) is 39.9 Å². The molecule has 0 aliphatic carbocycles. The second-order valence-electron chi connectivity index (χ2n) is 11.9. The third-order valence-electron chi connectivity index (χ3n) is 9.13. The molecule has 6 heteroatoms. The van der Waals surface area contributed by atoms with Crippen LogP contribution in [0.1, 0.15) is 0 Å². The summed E-state index contributed by atoms with van der Waals surface area (Å²) in [5, 5.41) is 6.33. The first kappa shape index (κ1) is 26.5. The molecule has 0 aliphatic heterocycles. The van der Waals surface area contributed by atoms with Crippen molar-refractivity contribution in [1.82, 2.24) is 24.5 Å². The number of aromatic nitrogens is 5. The predicted molar refractivity (Wildman–Crippen MR) is 193 cm³/mol. The highest BCUT2D eigenvalue weighted by molar-refractivity contribution is 6.18. The Kier molecular flexibility index (Phi) is 5.77. The molecule has 10 rings (SSSR count). The summed E-state index contributed by atoms with van der Waals surface area (Å²) in [5.41, 5.74) is 7.70. The third-order valence-corrected chi connectivity index (χ3v) is 9.13. The van der Waals surface area contributed by atoms with Gasteiger partial charge in [0.25, 0.3) is 0 Å². The molecule has 0 radical (unpaired) electrons. The van der Waals surface area contributed by atoms with Gasteiger partial charge in [-0.3, -0.25) is 4.98 Å². The van der Waals surface area contributed by atoms with Crippen LogP contribution in [0, 0.1) is 0 Å². The van der Waals surface area contributed by atoms with E-state index in [1.54, 1.807) is 6.20 Å². The molecule has 0 atom stereocenters. The second-order valence-corrected chi connectivity index (χ2v) is 11.9. The minimum absolute atomic E-state index is 0.588. The Balaban J connectivity index is 1.22. The lowest BCUT2D eigenvalue weighted by Crippen LogP contribution is -2.00. The van der Waals surface area contributed by atoms with Crippen molar-refractivity contribution in [2.75, 3.05) is 0 Å². The first-order valence-electron chi connectivity index (χ1n) is 15.9. The van der Waals surface area contributed by atoms with E-state index in [0.29, 0.717) is 17.5 Å². The molecular weight excluding hydrogens is 590 g/mol. The molecule has 4 aromatic heterocycles. The highest BCUT2D eigenvalue weighted by atomic mass is 16.3. The van der Waals surface area contributed by atoms with E-state index in [-0.39, 0.29) is 0 Å². The highest BCUT2D eigenvalue weighted by Crippen LogP contribution is 2.40. The van der Waals surface area contributed by atoms with Crippen LogP contribution in [0.2, 0.25) is 0 Å². The molecule has 4 heterocycles. The Morgan fingerprint density at radius 2 is 1.25 bits per heavy atom. The Morgan fingerprint density at radius 1 is 0.500 bits per heavy atom. The van der Waals surface area contributed by atoms with Crippen LogP contribution in [0.3, 0.4) is 0 Å². The monoisotopic (exact) mass is 615 g/mol. The number of pyridine rings is 1. The lowest BCUT2D eigenvalue weighted by molar-refractivity contribution is 0.672. The maximum Gasteiger partial charge on any atom is 0.164 e. The van der Waals surface area contributed by atoms with Gasteiger partial charge >= 0.3 is 0 Å². The normalized spacial score (nSPS) is 11.8. The lowest BCUT2D eigenvalue weighted by Gasteiger charge is -2.10. The summed E-state index contributed by atoms with van der Waals surface area (Å²) in [6, 6.07) is 47.9. The molecule has 0 spiro atoms. The first-order chi connectivity index (χ1) is 23.8. The summed E-state index contributed by atoms with van der Waals surface area (Å²) in [6.45, 7) is 0. The predicted octanol–water partition coefficient (Wildman–Crippen LogP) is 10.4. The van der Waals surface area contributed by atoms with E-state index in [4.69, 9.17) is 19.4 Å². The number of benzene rings is 6. The van der Waals surface area contributed by atoms with E-state index in [9.17, 15) is 0 Å². The maximum atomic E-state index is 6.47. The minimum atomic E-state index is 0.588. The molecule has 0 N–H and O–H groups in total. The van der Waals surface area contributed by atoms with Gasteiger partial charge < -0.3 is 8.98 Å². The Hall–Kier alpha value is -6.66. The van der Waals surface area contributed by atoms with E-state index in [0.717, 1.165) is 71.5 Å². The number of para-hydroxylation sites is 2. The zero-order chi connectivity index (χ0) is 31.6. The molecule has 0 unspecified atom stereocenters. The molecule has 224 valence electrons. The molecule has 0 aliphatic rings. The SMILES string of the molecule is c1ccc(-c2nc(-c3ccc4c(c3)c3ccccc3n4-c3ccccc3)nc(-c3cccc4oc5c6cnccc6ccc5c34)n2)cc1. The standard InChI is InChI=1S/C42H25N5O/c1-3-10-27(11-4-1)40-44-41(28-19-21-36-33(24-28)30-14-7-8-16-35(30)47(36)29-12-5-2-6-13-29)46-42(45-40)32-15-9-17-37-38(32)31-20-18-26-22-23-43-25-34(26)39(31)48-37/h1-25H. The van der Waals surface area contributed by atoms with E-state index in [2.05, 4.69) is 94.5 Å². The molecule has 0 saturated carbocycles. The van der Waals surface area contributed by atoms with Crippen LogP contribution >= 0.6 is 0 Å². The molecule has 48 heavy (non-hydrogen) atoms. The molecule has 0 bridgehead atoms. The van der Waals surface area contributed by atoms with Gasteiger partial charge in [0, 0.05) is 61.7 Å². The fourth-order valence-electron chi connectivity index (χ4n) is 6.94. The van der Waals surface area contributed by atoms with Crippen molar-refractivity contribution in [2.45, 2.75) is 0 Å². The van der Waals surface area contributed by atoms with Crippen molar-refractivity contribution in [2.24, 2.45) is 0 Å². The van der Waals surface area contributed by atoms with Crippen molar-refractivity contribution in [3.05, 3.63) is 152 Å². The van der Waals surface area contributed by atoms with Gasteiger partial charge in [0.2, 0.25) is 0 Å². The molecule has 0 saturated heterocycles. The Bertz CT molecular complexity index is 2840. The first-order valence-corrected chi connectivity index (χ1v) is 15.9. The summed E-state index contributed by atoms with van der Waals surface area (Å²) in [5.74, 6) is 1.81. The molecule has 6 nitrogen and oxygen atoms in total. The Morgan fingerprint density at radius 3 is 2.12 bits per heavy atom. The van der Waals surface area contributed by atoms with Crippen LogP contribution in [0.25, 0.3) is 94.4 Å². The van der Waals surface area contributed by atoms with Gasteiger partial charge in [-0.25, -0.2) is 15.0 Å². The summed E-state index contributed by atoms with van der Waals surface area (Å²) in [7, 11) is 0. The Labute approximate surface area is 274 Å². The summed E-state index contributed by atoms with van der Waals surface area (Å²) < 4.78 is 8.78. The average Bonchev–Trinajstić information content (AvgIpc) is 3.71. The average molecular weight is 616 g/mol.